The maximum absolute atomic E-state index is 15.1. The van der Waals surface area contributed by atoms with E-state index in [-0.39, 0.29) is 22.5 Å². The van der Waals surface area contributed by atoms with Crippen LogP contribution in [0.3, 0.4) is 0 Å². The van der Waals surface area contributed by atoms with E-state index in [2.05, 4.69) is 26.4 Å². The molecule has 1 heterocycles. The average molecular weight is 695 g/mol. The third-order valence-electron chi connectivity index (χ3n) is 7.28. The third kappa shape index (κ3) is 8.30. The Labute approximate surface area is 273 Å². The Morgan fingerprint density at radius 1 is 0.592 bits per heavy atom. The highest BCUT2D eigenvalue weighted by molar-refractivity contribution is 5.69. The predicted molar refractivity (Wildman–Crippen MR) is 159 cm³/mol. The number of unbranched alkanes of at least 4 members (excludes halogenated alkanes) is 2. The number of nitrogens with zero attached hydrogens (tertiary/aromatic N) is 2. The lowest BCUT2D eigenvalue weighted by atomic mass is 10.00. The van der Waals surface area contributed by atoms with Crippen molar-refractivity contribution in [2.45, 2.75) is 45.1 Å². The van der Waals surface area contributed by atoms with Crippen molar-refractivity contribution < 1.29 is 53.4 Å². The van der Waals surface area contributed by atoms with Gasteiger partial charge in [-0.15, -0.1) is 13.2 Å². The predicted octanol–water partition coefficient (Wildman–Crippen LogP) is 10.9. The van der Waals surface area contributed by atoms with E-state index in [1.807, 2.05) is 0 Å². The lowest BCUT2D eigenvalue weighted by Gasteiger charge is -2.20. The average Bonchev–Trinajstić information content (AvgIpc) is 3.00. The van der Waals surface area contributed by atoms with Crippen molar-refractivity contribution in [1.82, 2.24) is 9.97 Å². The summed E-state index contributed by atoms with van der Waals surface area (Å²) in [6, 6.07) is 8.43. The summed E-state index contributed by atoms with van der Waals surface area (Å²) in [6.45, 7) is 2.08. The summed E-state index contributed by atoms with van der Waals surface area (Å²) in [5, 5.41) is 0. The van der Waals surface area contributed by atoms with Crippen LogP contribution in [-0.2, 0) is 12.5 Å². The highest BCUT2D eigenvalue weighted by Crippen LogP contribution is 2.40. The molecule has 0 atom stereocenters. The van der Waals surface area contributed by atoms with Gasteiger partial charge < -0.3 is 9.47 Å². The second-order valence-electron chi connectivity index (χ2n) is 10.8. The molecule has 0 radical (unpaired) electrons. The quantitative estimate of drug-likeness (QED) is 0.102. The molecule has 4 aromatic carbocycles. The Morgan fingerprint density at radius 2 is 1.16 bits per heavy atom. The zero-order valence-corrected chi connectivity index (χ0v) is 25.3. The van der Waals surface area contributed by atoms with Crippen LogP contribution in [0.4, 0.5) is 43.9 Å². The van der Waals surface area contributed by atoms with Crippen molar-refractivity contribution in [2.24, 2.45) is 0 Å². The fourth-order valence-corrected chi connectivity index (χ4v) is 5.01. The van der Waals surface area contributed by atoms with Crippen LogP contribution in [0.1, 0.15) is 37.3 Å². The second kappa shape index (κ2) is 14.1. The maximum Gasteiger partial charge on any atom is 0.573 e. The van der Waals surface area contributed by atoms with Crippen LogP contribution in [0, 0.1) is 29.1 Å². The first kappa shape index (κ1) is 35.2. The molecule has 0 bridgehead atoms. The lowest BCUT2D eigenvalue weighted by Crippen LogP contribution is -2.25. The van der Waals surface area contributed by atoms with Gasteiger partial charge in [-0.1, -0.05) is 44.0 Å². The molecule has 0 aliphatic carbocycles. The largest absolute Gasteiger partial charge is 0.573 e. The SMILES string of the molecule is CCCCCc1cnc(-c2ccc(-c3cc(F)c(C(F)(F)Oc4cc(F)c(-c5ccc(OC(F)(F)F)cc5)c(F)c4)c(F)c3)c(F)c2)nc1. The Kier molecular flexibility index (Phi) is 10.2. The van der Waals surface area contributed by atoms with Gasteiger partial charge in [0.1, 0.15) is 46.1 Å². The Bertz CT molecular complexity index is 1900. The molecule has 0 amide bonds. The molecule has 0 saturated carbocycles. The molecule has 0 aliphatic rings. The number of rotatable bonds is 11. The van der Waals surface area contributed by atoms with Gasteiger partial charge in [-0.2, -0.15) is 8.78 Å². The minimum Gasteiger partial charge on any atom is -0.429 e. The van der Waals surface area contributed by atoms with E-state index in [0.717, 1.165) is 61.6 Å². The van der Waals surface area contributed by atoms with Crippen molar-refractivity contribution in [3.63, 3.8) is 0 Å². The summed E-state index contributed by atoms with van der Waals surface area (Å²) in [7, 11) is 0. The van der Waals surface area contributed by atoms with Crippen molar-refractivity contribution in [3.05, 3.63) is 119 Å². The molecule has 5 aromatic rings. The first-order valence-corrected chi connectivity index (χ1v) is 14.7. The zero-order valence-electron chi connectivity index (χ0n) is 25.3. The van der Waals surface area contributed by atoms with E-state index in [4.69, 9.17) is 0 Å². The van der Waals surface area contributed by atoms with Gasteiger partial charge in [-0.05, 0) is 59.9 Å². The topological polar surface area (TPSA) is 44.2 Å². The van der Waals surface area contributed by atoms with E-state index in [1.54, 1.807) is 12.4 Å². The van der Waals surface area contributed by atoms with Gasteiger partial charge in [0, 0.05) is 35.7 Å². The number of hydrogen-bond donors (Lipinski definition) is 0. The van der Waals surface area contributed by atoms with Gasteiger partial charge in [-0.3, -0.25) is 0 Å². The number of aromatic nitrogens is 2. The van der Waals surface area contributed by atoms with E-state index < -0.39 is 69.7 Å². The number of alkyl halides is 5. The van der Waals surface area contributed by atoms with E-state index in [1.165, 1.54) is 12.1 Å². The molecular formula is C35H24F10N2O2. The van der Waals surface area contributed by atoms with Gasteiger partial charge >= 0.3 is 12.5 Å². The molecule has 14 heteroatoms. The van der Waals surface area contributed by atoms with Gasteiger partial charge in [0.05, 0.1) is 5.56 Å². The normalized spacial score (nSPS) is 11.9. The van der Waals surface area contributed by atoms with Crippen LogP contribution in [0.15, 0.2) is 79.1 Å². The lowest BCUT2D eigenvalue weighted by molar-refractivity contribution is -0.274. The molecule has 1 aromatic heterocycles. The number of benzene rings is 4. The number of halogens is 10. The highest BCUT2D eigenvalue weighted by Gasteiger charge is 2.42. The maximum atomic E-state index is 15.1. The monoisotopic (exact) mass is 694 g/mol. The van der Waals surface area contributed by atoms with Crippen LogP contribution in [0.2, 0.25) is 0 Å². The van der Waals surface area contributed by atoms with E-state index in [9.17, 15) is 22.0 Å². The Morgan fingerprint density at radius 3 is 1.71 bits per heavy atom. The van der Waals surface area contributed by atoms with Crippen LogP contribution in [-0.4, -0.2) is 16.3 Å². The van der Waals surface area contributed by atoms with Gasteiger partial charge in [-0.25, -0.2) is 31.9 Å². The third-order valence-corrected chi connectivity index (χ3v) is 7.28. The molecule has 4 nitrogen and oxygen atoms in total. The highest BCUT2D eigenvalue weighted by atomic mass is 19.4. The van der Waals surface area contributed by atoms with Gasteiger partial charge in [0.15, 0.2) is 5.82 Å². The van der Waals surface area contributed by atoms with Crippen molar-refractivity contribution in [2.75, 3.05) is 0 Å². The zero-order chi connectivity index (χ0) is 35.5. The van der Waals surface area contributed by atoms with Gasteiger partial charge in [0.25, 0.3) is 0 Å². The first-order chi connectivity index (χ1) is 23.1. The van der Waals surface area contributed by atoms with Crippen LogP contribution >= 0.6 is 0 Å². The molecule has 5 rings (SSSR count). The van der Waals surface area contributed by atoms with Gasteiger partial charge in [0.2, 0.25) is 0 Å². The van der Waals surface area contributed by atoms with Crippen molar-refractivity contribution >= 4 is 0 Å². The summed E-state index contributed by atoms with van der Waals surface area (Å²) >= 11 is 0. The summed E-state index contributed by atoms with van der Waals surface area (Å²) < 4.78 is 150. The van der Waals surface area contributed by atoms with Crippen molar-refractivity contribution in [1.29, 1.82) is 0 Å². The Balaban J connectivity index is 1.35. The van der Waals surface area contributed by atoms with Crippen LogP contribution in [0.5, 0.6) is 11.5 Å². The second-order valence-corrected chi connectivity index (χ2v) is 10.8. The standard InChI is InChI=1S/C35H24F10N2O2/c1-2-3-4-5-19-17-46-33(47-18-19)21-8-11-25(26(36)12-21)22-13-29(39)32(30(40)14-22)34(41,42)48-24-15-27(37)31(28(38)16-24)20-6-9-23(10-7-20)49-35(43,44)45/h6-18H,2-5H2,1H3. The molecule has 256 valence electrons. The molecule has 0 unspecified atom stereocenters. The minimum atomic E-state index is -5.01. The first-order valence-electron chi connectivity index (χ1n) is 14.7. The fraction of sp³-hybridized carbons (Fsp3) is 0.200. The summed E-state index contributed by atoms with van der Waals surface area (Å²) in [5.74, 6) is -9.23. The minimum absolute atomic E-state index is 0.198. The Hall–Kier alpha value is -5.14. The number of hydrogen-bond acceptors (Lipinski definition) is 4. The molecule has 0 aliphatic heterocycles. The van der Waals surface area contributed by atoms with Crippen LogP contribution < -0.4 is 9.47 Å². The summed E-state index contributed by atoms with van der Waals surface area (Å²) in [6.07, 6.45) is -2.76. The fourth-order valence-electron chi connectivity index (χ4n) is 5.01. The van der Waals surface area contributed by atoms with E-state index >= 15 is 22.0 Å². The van der Waals surface area contributed by atoms with E-state index in [0.29, 0.717) is 24.3 Å². The number of ether oxygens (including phenoxy) is 2. The van der Waals surface area contributed by atoms with Crippen molar-refractivity contribution in [3.8, 4) is 45.1 Å². The molecule has 0 fully saturated rings. The summed E-state index contributed by atoms with van der Waals surface area (Å²) in [4.78, 5) is 8.47. The number of aryl methyl sites for hydroxylation is 1. The molecule has 49 heavy (non-hydrogen) atoms. The molecule has 0 saturated heterocycles. The molecule has 0 spiro atoms. The molecule has 0 N–H and O–H groups in total. The molecular weight excluding hydrogens is 670 g/mol. The summed E-state index contributed by atoms with van der Waals surface area (Å²) in [5.41, 5.74) is -2.60. The van der Waals surface area contributed by atoms with Crippen LogP contribution in [0.25, 0.3) is 33.6 Å². The smallest absolute Gasteiger partial charge is 0.429 e.